The maximum absolute atomic E-state index is 13.1. The van der Waals surface area contributed by atoms with Gasteiger partial charge in [0.05, 0.1) is 11.2 Å². The first-order valence-electron chi connectivity index (χ1n) is 10.5. The lowest BCUT2D eigenvalue weighted by molar-refractivity contribution is -0.120. The van der Waals surface area contributed by atoms with Crippen LogP contribution in [-0.2, 0) is 18.3 Å². The number of anilines is 1. The van der Waals surface area contributed by atoms with Gasteiger partial charge in [0, 0.05) is 32.3 Å². The summed E-state index contributed by atoms with van der Waals surface area (Å²) in [4.78, 5) is 27.4. The molecule has 2 aromatic heterocycles. The third kappa shape index (κ3) is 3.91. The van der Waals surface area contributed by atoms with Crippen LogP contribution >= 0.6 is 0 Å². The van der Waals surface area contributed by atoms with Crippen LogP contribution in [-0.4, -0.2) is 56.7 Å². The second kappa shape index (κ2) is 8.05. The lowest BCUT2D eigenvalue weighted by Gasteiger charge is -2.20. The normalized spacial score (nSPS) is 15.8. The van der Waals surface area contributed by atoms with Crippen LogP contribution in [0.15, 0.2) is 42.5 Å². The molecule has 10 heteroatoms. The van der Waals surface area contributed by atoms with Crippen LogP contribution in [0.5, 0.6) is 5.75 Å². The maximum atomic E-state index is 13.1. The van der Waals surface area contributed by atoms with Crippen molar-refractivity contribution in [1.29, 1.82) is 0 Å². The van der Waals surface area contributed by atoms with Crippen molar-refractivity contribution in [2.24, 2.45) is 7.05 Å². The smallest absolute Gasteiger partial charge is 0.272 e. The molecule has 1 atom stereocenters. The second-order valence-corrected chi connectivity index (χ2v) is 8.19. The number of aromatic nitrogens is 5. The number of benzene rings is 2. The van der Waals surface area contributed by atoms with Gasteiger partial charge in [0.2, 0.25) is 0 Å². The van der Waals surface area contributed by atoms with Crippen LogP contribution in [0.1, 0.15) is 27.3 Å². The zero-order chi connectivity index (χ0) is 23.1. The molecule has 0 aliphatic carbocycles. The van der Waals surface area contributed by atoms with E-state index in [1.54, 1.807) is 37.0 Å². The van der Waals surface area contributed by atoms with Gasteiger partial charge < -0.3 is 15.0 Å². The molecule has 0 spiro atoms. The Bertz CT molecular complexity index is 1360. The molecule has 2 aromatic carbocycles. The van der Waals surface area contributed by atoms with Crippen LogP contribution < -0.4 is 15.0 Å². The maximum Gasteiger partial charge on any atom is 0.272 e. The number of likely N-dealkylation sites (N-methyl/N-ethyl adjacent to an activating group) is 1. The Labute approximate surface area is 189 Å². The summed E-state index contributed by atoms with van der Waals surface area (Å²) >= 11 is 0. The highest BCUT2D eigenvalue weighted by atomic mass is 16.5. The van der Waals surface area contributed by atoms with Crippen LogP contribution in [0, 0.1) is 6.92 Å². The molecular weight excluding hydrogens is 422 g/mol. The number of fused-ring (bicyclic) bond motifs is 2. The third-order valence-electron chi connectivity index (χ3n) is 5.82. The quantitative estimate of drug-likeness (QED) is 0.494. The van der Waals surface area contributed by atoms with E-state index in [1.807, 2.05) is 6.92 Å². The Morgan fingerprint density at radius 3 is 2.79 bits per heavy atom. The predicted octanol–water partition coefficient (Wildman–Crippen LogP) is 1.74. The van der Waals surface area contributed by atoms with E-state index in [2.05, 4.69) is 50.1 Å². The van der Waals surface area contributed by atoms with Crippen molar-refractivity contribution in [3.63, 3.8) is 0 Å². The topological polar surface area (TPSA) is 118 Å². The predicted molar refractivity (Wildman–Crippen MR) is 121 cm³/mol. The molecule has 2 amide bonds. The van der Waals surface area contributed by atoms with E-state index < -0.39 is 11.9 Å². The van der Waals surface area contributed by atoms with Crippen LogP contribution in [0.2, 0.25) is 0 Å². The number of H-pyrrole nitrogens is 1. The standard InChI is InChI=1S/C23H23N7O3/c1-13-4-6-14(7-5-13)8-15-9-18(27-30(15)3)22(31)24-19-12-33-21-11-17-16(25-28-26-17)10-20(21)29(2)23(19)32/h4-7,9-11,19H,8,12H2,1-3H3,(H,24,31)(H,25,26,28)/t19-/m0/s1. The molecule has 0 unspecified atom stereocenters. The van der Waals surface area contributed by atoms with E-state index >= 15 is 0 Å². The fraction of sp³-hybridized carbons (Fsp3) is 0.261. The number of nitrogens with one attached hydrogen (secondary N) is 2. The molecule has 0 saturated heterocycles. The minimum atomic E-state index is -0.859. The Balaban J connectivity index is 1.32. The molecule has 33 heavy (non-hydrogen) atoms. The number of aromatic amines is 1. The van der Waals surface area contributed by atoms with E-state index in [1.165, 1.54) is 10.5 Å². The first kappa shape index (κ1) is 20.7. The van der Waals surface area contributed by atoms with Gasteiger partial charge in [-0.2, -0.15) is 5.10 Å². The van der Waals surface area contributed by atoms with Crippen molar-refractivity contribution in [1.82, 2.24) is 30.5 Å². The van der Waals surface area contributed by atoms with Crippen molar-refractivity contribution in [3.8, 4) is 5.75 Å². The Morgan fingerprint density at radius 2 is 2.00 bits per heavy atom. The zero-order valence-electron chi connectivity index (χ0n) is 18.5. The number of rotatable bonds is 4. The molecule has 4 aromatic rings. The van der Waals surface area contributed by atoms with Gasteiger partial charge in [-0.15, -0.1) is 5.10 Å². The molecule has 2 N–H and O–H groups in total. The number of amides is 2. The van der Waals surface area contributed by atoms with Crippen molar-refractivity contribution in [3.05, 3.63) is 65.0 Å². The average Bonchev–Trinajstić information content (AvgIpc) is 3.39. The number of hydrogen-bond donors (Lipinski definition) is 2. The van der Waals surface area contributed by atoms with Gasteiger partial charge in [-0.05, 0) is 24.6 Å². The largest absolute Gasteiger partial charge is 0.489 e. The zero-order valence-corrected chi connectivity index (χ0v) is 18.5. The van der Waals surface area contributed by atoms with E-state index in [-0.39, 0.29) is 18.2 Å². The Morgan fingerprint density at radius 1 is 1.21 bits per heavy atom. The molecule has 0 bridgehead atoms. The summed E-state index contributed by atoms with van der Waals surface area (Å²) in [6, 6.07) is 12.6. The number of nitrogens with zero attached hydrogens (tertiary/aromatic N) is 5. The highest BCUT2D eigenvalue weighted by Gasteiger charge is 2.32. The first-order valence-corrected chi connectivity index (χ1v) is 10.5. The summed E-state index contributed by atoms with van der Waals surface area (Å²) in [5, 5.41) is 17.7. The molecule has 5 rings (SSSR count). The highest BCUT2D eigenvalue weighted by Crippen LogP contribution is 2.33. The first-order chi connectivity index (χ1) is 15.9. The number of carbonyl (C=O) groups excluding carboxylic acids is 2. The number of carbonyl (C=O) groups is 2. The van der Waals surface area contributed by atoms with Crippen molar-refractivity contribution >= 4 is 28.5 Å². The summed E-state index contributed by atoms with van der Waals surface area (Å²) < 4.78 is 7.54. The fourth-order valence-electron chi connectivity index (χ4n) is 3.87. The molecule has 3 heterocycles. The summed E-state index contributed by atoms with van der Waals surface area (Å²) in [5.74, 6) is -0.208. The molecule has 168 valence electrons. The highest BCUT2D eigenvalue weighted by molar-refractivity contribution is 6.04. The van der Waals surface area contributed by atoms with Gasteiger partial charge in [-0.1, -0.05) is 35.0 Å². The summed E-state index contributed by atoms with van der Waals surface area (Å²) in [6.07, 6.45) is 0.649. The molecule has 0 fully saturated rings. The molecule has 10 nitrogen and oxygen atoms in total. The molecule has 0 saturated carbocycles. The van der Waals surface area contributed by atoms with Crippen LogP contribution in [0.25, 0.3) is 11.0 Å². The minimum Gasteiger partial charge on any atom is -0.489 e. The Hall–Kier alpha value is -4.21. The van der Waals surface area contributed by atoms with Gasteiger partial charge in [0.25, 0.3) is 11.8 Å². The van der Waals surface area contributed by atoms with E-state index in [4.69, 9.17) is 4.74 Å². The van der Waals surface area contributed by atoms with E-state index in [0.717, 1.165) is 11.3 Å². The second-order valence-electron chi connectivity index (χ2n) is 8.19. The van der Waals surface area contributed by atoms with Gasteiger partial charge in [0.15, 0.2) is 0 Å². The van der Waals surface area contributed by atoms with Crippen molar-refractivity contribution in [2.45, 2.75) is 19.4 Å². The number of hydrogen-bond acceptors (Lipinski definition) is 6. The Kier molecular flexibility index (Phi) is 5.04. The van der Waals surface area contributed by atoms with Crippen molar-refractivity contribution in [2.75, 3.05) is 18.6 Å². The SMILES string of the molecule is Cc1ccc(Cc2cc(C(=O)N[C@H]3COc4cc5[nH]nnc5cc4N(C)C3=O)nn2C)cc1. The summed E-state index contributed by atoms with van der Waals surface area (Å²) in [7, 11) is 3.44. The number of aryl methyl sites for hydroxylation is 2. The molecule has 1 aliphatic rings. The monoisotopic (exact) mass is 445 g/mol. The summed E-state index contributed by atoms with van der Waals surface area (Å²) in [5.41, 5.74) is 5.35. The minimum absolute atomic E-state index is 0.00194. The van der Waals surface area contributed by atoms with Crippen molar-refractivity contribution < 1.29 is 14.3 Å². The van der Waals surface area contributed by atoms with E-state index in [9.17, 15) is 9.59 Å². The van der Waals surface area contributed by atoms with E-state index in [0.29, 0.717) is 28.9 Å². The van der Waals surface area contributed by atoms with Gasteiger partial charge >= 0.3 is 0 Å². The van der Waals surface area contributed by atoms with Gasteiger partial charge in [0.1, 0.15) is 29.6 Å². The lowest BCUT2D eigenvalue weighted by Crippen LogP contribution is -2.49. The van der Waals surface area contributed by atoms with Gasteiger partial charge in [-0.25, -0.2) is 0 Å². The van der Waals surface area contributed by atoms with Crippen LogP contribution in [0.3, 0.4) is 0 Å². The average molecular weight is 445 g/mol. The fourth-order valence-corrected chi connectivity index (χ4v) is 3.87. The molecular formula is C23H23N7O3. The molecule has 0 radical (unpaired) electrons. The molecule has 1 aliphatic heterocycles. The van der Waals surface area contributed by atoms with Gasteiger partial charge in [-0.3, -0.25) is 19.4 Å². The third-order valence-corrected chi connectivity index (χ3v) is 5.82. The lowest BCUT2D eigenvalue weighted by atomic mass is 10.1. The number of ether oxygens (including phenoxy) is 1. The van der Waals surface area contributed by atoms with Crippen LogP contribution in [0.4, 0.5) is 5.69 Å². The summed E-state index contributed by atoms with van der Waals surface area (Å²) in [6.45, 7) is 2.04.